The first kappa shape index (κ1) is 16.7. The molecule has 0 N–H and O–H groups in total. The number of rotatable bonds is 4. The summed E-state index contributed by atoms with van der Waals surface area (Å²) >= 11 is 0. The van der Waals surface area contributed by atoms with Crippen molar-refractivity contribution in [3.8, 4) is 0 Å². The summed E-state index contributed by atoms with van der Waals surface area (Å²) in [6.07, 6.45) is 3.22. The number of hydrogen-bond donors (Lipinski definition) is 0. The molecule has 1 atom stereocenters. The van der Waals surface area contributed by atoms with Crippen LogP contribution in [0.15, 0.2) is 36.5 Å². The Morgan fingerprint density at radius 3 is 2.83 bits per heavy atom. The maximum atomic E-state index is 13.1. The van der Waals surface area contributed by atoms with Crippen LogP contribution in [-0.4, -0.2) is 52.2 Å². The SMILES string of the molecule is Cc1ccccc1CC(=O)N1Cc2ccnn2CC[C@H]1CN(C)C. The molecule has 24 heavy (non-hydrogen) atoms. The van der Waals surface area contributed by atoms with Gasteiger partial charge in [-0.05, 0) is 44.6 Å². The zero-order valence-electron chi connectivity index (χ0n) is 14.8. The Kier molecular flexibility index (Phi) is 5.00. The Morgan fingerprint density at radius 1 is 1.29 bits per heavy atom. The van der Waals surface area contributed by atoms with Gasteiger partial charge in [-0.1, -0.05) is 24.3 Å². The standard InChI is InChI=1S/C19H26N4O/c1-15-6-4-5-7-16(15)12-19(24)22-14-18-8-10-20-23(18)11-9-17(22)13-21(2)3/h4-8,10,17H,9,11-14H2,1-3H3/t17-/m0/s1. The Morgan fingerprint density at radius 2 is 2.08 bits per heavy atom. The minimum Gasteiger partial charge on any atom is -0.332 e. The van der Waals surface area contributed by atoms with E-state index in [9.17, 15) is 4.79 Å². The maximum absolute atomic E-state index is 13.1. The Balaban J connectivity index is 1.82. The van der Waals surface area contributed by atoms with Crippen LogP contribution >= 0.6 is 0 Å². The van der Waals surface area contributed by atoms with E-state index in [1.54, 1.807) is 0 Å². The average Bonchev–Trinajstić information content (AvgIpc) is 2.91. The van der Waals surface area contributed by atoms with Gasteiger partial charge in [-0.25, -0.2) is 0 Å². The number of carbonyl (C=O) groups excluding carboxylic acids is 1. The second-order valence-corrected chi connectivity index (χ2v) is 6.88. The van der Waals surface area contributed by atoms with Gasteiger partial charge in [0.05, 0.1) is 18.7 Å². The molecular formula is C19H26N4O. The van der Waals surface area contributed by atoms with Gasteiger partial charge < -0.3 is 9.80 Å². The fourth-order valence-electron chi connectivity index (χ4n) is 3.40. The second-order valence-electron chi connectivity index (χ2n) is 6.88. The molecule has 0 spiro atoms. The van der Waals surface area contributed by atoms with Gasteiger partial charge >= 0.3 is 0 Å². The lowest BCUT2D eigenvalue weighted by molar-refractivity contribution is -0.133. The molecule has 0 unspecified atom stereocenters. The molecule has 5 heteroatoms. The molecule has 0 radical (unpaired) electrons. The van der Waals surface area contributed by atoms with Gasteiger partial charge in [0.25, 0.3) is 0 Å². The number of fused-ring (bicyclic) bond motifs is 1. The zero-order chi connectivity index (χ0) is 17.1. The highest BCUT2D eigenvalue weighted by atomic mass is 16.2. The summed E-state index contributed by atoms with van der Waals surface area (Å²) in [5, 5.41) is 4.39. The average molecular weight is 326 g/mol. The number of carbonyl (C=O) groups is 1. The van der Waals surface area contributed by atoms with Crippen molar-refractivity contribution < 1.29 is 4.79 Å². The molecule has 1 amide bonds. The van der Waals surface area contributed by atoms with Crippen molar-refractivity contribution in [3.05, 3.63) is 53.3 Å². The molecule has 1 aromatic heterocycles. The van der Waals surface area contributed by atoms with Gasteiger partial charge in [-0.2, -0.15) is 5.10 Å². The molecule has 0 fully saturated rings. The molecule has 1 aliphatic rings. The van der Waals surface area contributed by atoms with Crippen LogP contribution in [0.2, 0.25) is 0 Å². The lowest BCUT2D eigenvalue weighted by Crippen LogP contribution is -2.45. The van der Waals surface area contributed by atoms with Crippen molar-refractivity contribution in [2.75, 3.05) is 20.6 Å². The minimum absolute atomic E-state index is 0.200. The van der Waals surface area contributed by atoms with Crippen LogP contribution in [0, 0.1) is 6.92 Å². The molecule has 0 saturated carbocycles. The first-order valence-electron chi connectivity index (χ1n) is 8.54. The molecule has 3 rings (SSSR count). The zero-order valence-corrected chi connectivity index (χ0v) is 14.8. The fourth-order valence-corrected chi connectivity index (χ4v) is 3.40. The molecule has 1 aromatic carbocycles. The number of hydrogen-bond acceptors (Lipinski definition) is 3. The van der Waals surface area contributed by atoms with E-state index in [1.807, 2.05) is 34.0 Å². The number of amides is 1. The largest absolute Gasteiger partial charge is 0.332 e. The summed E-state index contributed by atoms with van der Waals surface area (Å²) in [7, 11) is 4.13. The molecule has 0 aliphatic carbocycles. The fraction of sp³-hybridized carbons (Fsp3) is 0.474. The molecule has 2 aromatic rings. The smallest absolute Gasteiger partial charge is 0.227 e. The van der Waals surface area contributed by atoms with Gasteiger partial charge in [0.1, 0.15) is 0 Å². The van der Waals surface area contributed by atoms with Crippen molar-refractivity contribution in [2.24, 2.45) is 0 Å². The monoisotopic (exact) mass is 326 g/mol. The van der Waals surface area contributed by atoms with Crippen LogP contribution in [0.1, 0.15) is 23.2 Å². The van der Waals surface area contributed by atoms with Crippen LogP contribution in [0.5, 0.6) is 0 Å². The molecule has 128 valence electrons. The van der Waals surface area contributed by atoms with E-state index in [0.717, 1.165) is 30.8 Å². The van der Waals surface area contributed by atoms with Gasteiger partial charge in [0.15, 0.2) is 0 Å². The van der Waals surface area contributed by atoms with Gasteiger partial charge in [-0.15, -0.1) is 0 Å². The lowest BCUT2D eigenvalue weighted by Gasteiger charge is -2.32. The van der Waals surface area contributed by atoms with Crippen molar-refractivity contribution >= 4 is 5.91 Å². The summed E-state index contributed by atoms with van der Waals surface area (Å²) < 4.78 is 2.03. The van der Waals surface area contributed by atoms with Crippen LogP contribution in [0.25, 0.3) is 0 Å². The van der Waals surface area contributed by atoms with Gasteiger partial charge in [-0.3, -0.25) is 9.48 Å². The summed E-state index contributed by atoms with van der Waals surface area (Å²) in [5.74, 6) is 0.200. The Labute approximate surface area is 143 Å². The highest BCUT2D eigenvalue weighted by Crippen LogP contribution is 2.20. The lowest BCUT2D eigenvalue weighted by atomic mass is 10.0. The van der Waals surface area contributed by atoms with E-state index in [4.69, 9.17) is 0 Å². The number of nitrogens with zero attached hydrogens (tertiary/aromatic N) is 4. The van der Waals surface area contributed by atoms with E-state index in [1.165, 1.54) is 5.56 Å². The number of aromatic nitrogens is 2. The van der Waals surface area contributed by atoms with Crippen molar-refractivity contribution in [2.45, 2.75) is 38.9 Å². The van der Waals surface area contributed by atoms with Crippen molar-refractivity contribution in [1.82, 2.24) is 19.6 Å². The molecule has 0 saturated heterocycles. The Bertz CT molecular complexity index is 707. The maximum Gasteiger partial charge on any atom is 0.227 e. The van der Waals surface area contributed by atoms with E-state index in [0.29, 0.717) is 13.0 Å². The molecular weight excluding hydrogens is 300 g/mol. The first-order chi connectivity index (χ1) is 11.5. The van der Waals surface area contributed by atoms with Crippen LogP contribution < -0.4 is 0 Å². The van der Waals surface area contributed by atoms with E-state index >= 15 is 0 Å². The summed E-state index contributed by atoms with van der Waals surface area (Å²) in [5.41, 5.74) is 3.41. The van der Waals surface area contributed by atoms with Crippen LogP contribution in [-0.2, 0) is 24.3 Å². The van der Waals surface area contributed by atoms with E-state index in [2.05, 4.69) is 43.2 Å². The molecule has 5 nitrogen and oxygen atoms in total. The Hall–Kier alpha value is -2.14. The third-order valence-corrected chi connectivity index (χ3v) is 4.75. The highest BCUT2D eigenvalue weighted by Gasteiger charge is 2.28. The third-order valence-electron chi connectivity index (χ3n) is 4.75. The second kappa shape index (κ2) is 7.18. The quantitative estimate of drug-likeness (QED) is 0.864. The number of benzene rings is 1. The first-order valence-corrected chi connectivity index (χ1v) is 8.54. The van der Waals surface area contributed by atoms with Crippen LogP contribution in [0.4, 0.5) is 0 Å². The molecule has 1 aliphatic heterocycles. The highest BCUT2D eigenvalue weighted by molar-refractivity contribution is 5.79. The predicted molar refractivity (Wildman–Crippen MR) is 94.6 cm³/mol. The third kappa shape index (κ3) is 3.67. The molecule has 0 bridgehead atoms. The van der Waals surface area contributed by atoms with E-state index < -0.39 is 0 Å². The van der Waals surface area contributed by atoms with Crippen molar-refractivity contribution in [1.29, 1.82) is 0 Å². The summed E-state index contributed by atoms with van der Waals surface area (Å²) in [6, 6.07) is 10.4. The molecule has 2 heterocycles. The number of aryl methyl sites for hydroxylation is 2. The van der Waals surface area contributed by atoms with Crippen molar-refractivity contribution in [3.63, 3.8) is 0 Å². The van der Waals surface area contributed by atoms with Gasteiger partial charge in [0.2, 0.25) is 5.91 Å². The minimum atomic E-state index is 0.200. The summed E-state index contributed by atoms with van der Waals surface area (Å²) in [4.78, 5) is 17.3. The number of likely N-dealkylation sites (N-methyl/N-ethyl adjacent to an activating group) is 1. The van der Waals surface area contributed by atoms with Gasteiger partial charge in [0, 0.05) is 25.3 Å². The van der Waals surface area contributed by atoms with E-state index in [-0.39, 0.29) is 11.9 Å². The summed E-state index contributed by atoms with van der Waals surface area (Å²) in [6.45, 7) is 4.46. The topological polar surface area (TPSA) is 41.4 Å². The van der Waals surface area contributed by atoms with Crippen LogP contribution in [0.3, 0.4) is 0 Å². The predicted octanol–water partition coefficient (Wildman–Crippen LogP) is 2.10. The normalized spacial score (nSPS) is 17.7.